The molecule has 3 nitrogen and oxygen atoms in total. The maximum Gasteiger partial charge on any atom is 0.248 e. The lowest BCUT2D eigenvalue weighted by Gasteiger charge is -2.35. The van der Waals surface area contributed by atoms with E-state index in [0.717, 1.165) is 19.6 Å². The summed E-state index contributed by atoms with van der Waals surface area (Å²) in [5, 5.41) is 0. The highest BCUT2D eigenvalue weighted by Crippen LogP contribution is 2.40. The van der Waals surface area contributed by atoms with Gasteiger partial charge in [-0.25, -0.2) is 8.78 Å². The van der Waals surface area contributed by atoms with Crippen LogP contribution in [0.4, 0.5) is 8.78 Å². The second kappa shape index (κ2) is 5.80. The topological polar surface area (TPSA) is 38.5 Å². The molecule has 3 unspecified atom stereocenters. The molecule has 0 amide bonds. The quantitative estimate of drug-likeness (QED) is 0.840. The second-order valence-corrected chi connectivity index (χ2v) is 5.67. The van der Waals surface area contributed by atoms with Crippen LogP contribution in [-0.2, 0) is 4.74 Å². The molecule has 1 heterocycles. The molecule has 1 aliphatic heterocycles. The number of ether oxygens (including phenoxy) is 1. The van der Waals surface area contributed by atoms with Crippen LogP contribution in [0.3, 0.4) is 0 Å². The van der Waals surface area contributed by atoms with E-state index in [0.29, 0.717) is 19.4 Å². The van der Waals surface area contributed by atoms with Crippen molar-refractivity contribution in [3.8, 4) is 0 Å². The molecular formula is C13H24F2N2O. The molecule has 1 aliphatic carbocycles. The average Bonchev–Trinajstić information content (AvgIpc) is 2.68. The number of nitrogens with zero attached hydrogens (tertiary/aromatic N) is 1. The number of hydrogen-bond acceptors (Lipinski definition) is 3. The van der Waals surface area contributed by atoms with E-state index in [1.54, 1.807) is 0 Å². The van der Waals surface area contributed by atoms with Crippen molar-refractivity contribution in [3.05, 3.63) is 0 Å². The molecule has 2 fully saturated rings. The molecule has 106 valence electrons. The Balaban J connectivity index is 1.79. The van der Waals surface area contributed by atoms with Gasteiger partial charge in [0.25, 0.3) is 0 Å². The highest BCUT2D eigenvalue weighted by molar-refractivity contribution is 4.87. The van der Waals surface area contributed by atoms with Gasteiger partial charge in [0.15, 0.2) is 0 Å². The Morgan fingerprint density at radius 1 is 1.50 bits per heavy atom. The zero-order valence-corrected chi connectivity index (χ0v) is 11.1. The predicted octanol–water partition coefficient (Wildman–Crippen LogP) is 1.86. The third-order valence-electron chi connectivity index (χ3n) is 4.21. The minimum atomic E-state index is -2.47. The first-order valence-electron chi connectivity index (χ1n) is 6.97. The maximum absolute atomic E-state index is 13.1. The van der Waals surface area contributed by atoms with E-state index >= 15 is 0 Å². The van der Waals surface area contributed by atoms with E-state index in [4.69, 9.17) is 10.5 Å². The van der Waals surface area contributed by atoms with Crippen LogP contribution in [-0.4, -0.2) is 49.2 Å². The lowest BCUT2D eigenvalue weighted by molar-refractivity contribution is -0.0432. The van der Waals surface area contributed by atoms with Crippen LogP contribution in [0.1, 0.15) is 32.6 Å². The molecule has 2 aliphatic rings. The van der Waals surface area contributed by atoms with Gasteiger partial charge in [-0.3, -0.25) is 4.90 Å². The van der Waals surface area contributed by atoms with Gasteiger partial charge < -0.3 is 10.5 Å². The van der Waals surface area contributed by atoms with Gasteiger partial charge in [0, 0.05) is 32.0 Å². The van der Waals surface area contributed by atoms with Crippen LogP contribution in [0.15, 0.2) is 0 Å². The highest BCUT2D eigenvalue weighted by atomic mass is 19.3. The number of halogens is 2. The zero-order chi connectivity index (χ0) is 13.2. The summed E-state index contributed by atoms with van der Waals surface area (Å²) >= 11 is 0. The van der Waals surface area contributed by atoms with E-state index in [2.05, 4.69) is 11.8 Å². The zero-order valence-electron chi connectivity index (χ0n) is 11.1. The molecule has 2 N–H and O–H groups in total. The summed E-state index contributed by atoms with van der Waals surface area (Å²) in [4.78, 5) is 2.30. The van der Waals surface area contributed by atoms with Crippen LogP contribution >= 0.6 is 0 Å². The van der Waals surface area contributed by atoms with E-state index in [9.17, 15) is 8.78 Å². The van der Waals surface area contributed by atoms with Gasteiger partial charge >= 0.3 is 0 Å². The molecule has 0 spiro atoms. The summed E-state index contributed by atoms with van der Waals surface area (Å²) in [7, 11) is 0. The van der Waals surface area contributed by atoms with Crippen LogP contribution < -0.4 is 5.73 Å². The van der Waals surface area contributed by atoms with Gasteiger partial charge in [-0.15, -0.1) is 0 Å². The minimum Gasteiger partial charge on any atom is -0.374 e. The normalized spacial score (nSPS) is 34.7. The number of hydrogen-bond donors (Lipinski definition) is 1. The van der Waals surface area contributed by atoms with Crippen molar-refractivity contribution < 1.29 is 13.5 Å². The molecule has 0 radical (unpaired) electrons. The van der Waals surface area contributed by atoms with Crippen molar-refractivity contribution in [2.45, 2.75) is 50.7 Å². The Hall–Kier alpha value is -0.260. The molecule has 0 aromatic heterocycles. The minimum absolute atomic E-state index is 0.00487. The molecule has 5 heteroatoms. The van der Waals surface area contributed by atoms with Crippen molar-refractivity contribution in [1.82, 2.24) is 4.90 Å². The number of alkyl halides is 2. The largest absolute Gasteiger partial charge is 0.374 e. The Kier molecular flexibility index (Phi) is 4.56. The molecule has 2 rings (SSSR count). The fraction of sp³-hybridized carbons (Fsp3) is 1.00. The average molecular weight is 262 g/mol. The fourth-order valence-corrected chi connectivity index (χ4v) is 3.06. The molecule has 18 heavy (non-hydrogen) atoms. The van der Waals surface area contributed by atoms with Crippen molar-refractivity contribution in [3.63, 3.8) is 0 Å². The number of rotatable bonds is 4. The van der Waals surface area contributed by atoms with E-state index in [1.165, 1.54) is 0 Å². The van der Waals surface area contributed by atoms with Crippen molar-refractivity contribution >= 4 is 0 Å². The number of nitrogens with two attached hydrogens (primary N) is 1. The third kappa shape index (κ3) is 3.62. The second-order valence-electron chi connectivity index (χ2n) is 5.67. The van der Waals surface area contributed by atoms with Crippen LogP contribution in [0, 0.1) is 5.92 Å². The van der Waals surface area contributed by atoms with E-state index in [1.807, 2.05) is 0 Å². The van der Waals surface area contributed by atoms with Gasteiger partial charge in [-0.1, -0.05) is 6.92 Å². The van der Waals surface area contributed by atoms with Crippen molar-refractivity contribution in [2.24, 2.45) is 11.7 Å². The SMILES string of the molecule is CCN1CCOC(C(N)CC2CCC(F)(F)C2)C1. The van der Waals surface area contributed by atoms with E-state index < -0.39 is 5.92 Å². The summed E-state index contributed by atoms with van der Waals surface area (Å²) in [6.07, 6.45) is 1.30. The molecule has 0 aromatic rings. The monoisotopic (exact) mass is 262 g/mol. The summed E-state index contributed by atoms with van der Waals surface area (Å²) < 4.78 is 31.9. The first-order valence-corrected chi connectivity index (χ1v) is 6.97. The van der Waals surface area contributed by atoms with Gasteiger partial charge in [0.05, 0.1) is 12.7 Å². The van der Waals surface area contributed by atoms with Crippen molar-refractivity contribution in [1.29, 1.82) is 0 Å². The summed E-state index contributed by atoms with van der Waals surface area (Å²) in [5.74, 6) is -2.40. The molecule has 3 atom stereocenters. The van der Waals surface area contributed by atoms with Crippen molar-refractivity contribution in [2.75, 3.05) is 26.2 Å². The third-order valence-corrected chi connectivity index (χ3v) is 4.21. The highest BCUT2D eigenvalue weighted by Gasteiger charge is 2.40. The molecule has 1 saturated carbocycles. The first kappa shape index (κ1) is 14.2. The summed E-state index contributed by atoms with van der Waals surface area (Å²) in [6.45, 7) is 5.59. The van der Waals surface area contributed by atoms with Gasteiger partial charge in [0.1, 0.15) is 0 Å². The summed E-state index contributed by atoms with van der Waals surface area (Å²) in [6, 6.07) is -0.113. The Morgan fingerprint density at radius 2 is 2.28 bits per heavy atom. The van der Waals surface area contributed by atoms with Gasteiger partial charge in [-0.05, 0) is 25.3 Å². The number of likely N-dealkylation sites (N-methyl/N-ethyl adjacent to an activating group) is 1. The van der Waals surface area contributed by atoms with Gasteiger partial charge in [0.2, 0.25) is 5.92 Å². The van der Waals surface area contributed by atoms with Crippen LogP contribution in [0.5, 0.6) is 0 Å². The van der Waals surface area contributed by atoms with Crippen LogP contribution in [0.25, 0.3) is 0 Å². The predicted molar refractivity (Wildman–Crippen MR) is 66.7 cm³/mol. The molecule has 1 saturated heterocycles. The van der Waals surface area contributed by atoms with Crippen LogP contribution in [0.2, 0.25) is 0 Å². The number of morpholine rings is 1. The Labute approximate surface area is 108 Å². The molecular weight excluding hydrogens is 238 g/mol. The lowest BCUT2D eigenvalue weighted by atomic mass is 9.95. The first-order chi connectivity index (χ1) is 8.50. The summed E-state index contributed by atoms with van der Waals surface area (Å²) in [5.41, 5.74) is 6.14. The maximum atomic E-state index is 13.1. The molecule has 0 bridgehead atoms. The Bertz CT molecular complexity index is 276. The van der Waals surface area contributed by atoms with Gasteiger partial charge in [-0.2, -0.15) is 0 Å². The fourth-order valence-electron chi connectivity index (χ4n) is 3.06. The van der Waals surface area contributed by atoms with E-state index in [-0.39, 0.29) is 30.9 Å². The lowest BCUT2D eigenvalue weighted by Crippen LogP contribution is -2.50. The standard InChI is InChI=1S/C13H24F2N2O/c1-2-17-5-6-18-12(9-17)11(16)7-10-3-4-13(14,15)8-10/h10-12H,2-9,16H2,1H3. The molecule has 0 aromatic carbocycles. The Morgan fingerprint density at radius 3 is 2.89 bits per heavy atom. The smallest absolute Gasteiger partial charge is 0.248 e.